The van der Waals surface area contributed by atoms with E-state index >= 15 is 0 Å². The van der Waals surface area contributed by atoms with E-state index < -0.39 is 0 Å². The molecule has 0 fully saturated rings. The molecular formula is C10H7ClN2O2. The van der Waals surface area contributed by atoms with E-state index in [-0.39, 0.29) is 12.0 Å². The van der Waals surface area contributed by atoms with Gasteiger partial charge in [0.05, 0.1) is 0 Å². The highest BCUT2D eigenvalue weighted by Gasteiger charge is 2.03. The van der Waals surface area contributed by atoms with Gasteiger partial charge in [-0.15, -0.1) is 0 Å². The third kappa shape index (κ3) is 1.89. The van der Waals surface area contributed by atoms with Gasteiger partial charge in [-0.25, -0.2) is 4.98 Å². The van der Waals surface area contributed by atoms with E-state index in [1.807, 2.05) is 0 Å². The van der Waals surface area contributed by atoms with Gasteiger partial charge in [-0.3, -0.25) is 4.79 Å². The molecule has 15 heavy (non-hydrogen) atoms. The van der Waals surface area contributed by atoms with Gasteiger partial charge in [0.2, 0.25) is 0 Å². The molecule has 76 valence electrons. The van der Waals surface area contributed by atoms with Crippen molar-refractivity contribution in [3.05, 3.63) is 39.3 Å². The molecule has 0 amide bonds. The molecule has 0 aliphatic carbocycles. The number of aromatic nitrogens is 2. The average molecular weight is 223 g/mol. The van der Waals surface area contributed by atoms with Crippen molar-refractivity contribution in [1.82, 2.24) is 9.97 Å². The zero-order chi connectivity index (χ0) is 10.8. The number of hydrogen-bond donors (Lipinski definition) is 1. The van der Waals surface area contributed by atoms with Crippen LogP contribution in [0, 0.1) is 0 Å². The summed E-state index contributed by atoms with van der Waals surface area (Å²) < 4.78 is 0. The second-order valence-corrected chi connectivity index (χ2v) is 3.45. The molecule has 0 bridgehead atoms. The van der Waals surface area contributed by atoms with E-state index in [1.54, 1.807) is 18.2 Å². The second-order valence-electron chi connectivity index (χ2n) is 3.07. The minimum Gasteiger partial charge on any atom is -0.306 e. The molecule has 4 nitrogen and oxygen atoms in total. The summed E-state index contributed by atoms with van der Waals surface area (Å²) in [4.78, 5) is 28.3. The van der Waals surface area contributed by atoms with Crippen LogP contribution in [0.4, 0.5) is 0 Å². The van der Waals surface area contributed by atoms with Crippen molar-refractivity contribution in [3.8, 4) is 0 Å². The lowest BCUT2D eigenvalue weighted by atomic mass is 10.2. The third-order valence-corrected chi connectivity index (χ3v) is 2.26. The van der Waals surface area contributed by atoms with E-state index in [2.05, 4.69) is 9.97 Å². The van der Waals surface area contributed by atoms with Crippen LogP contribution in [0.5, 0.6) is 0 Å². The number of carbonyl (C=O) groups is 1. The van der Waals surface area contributed by atoms with Crippen LogP contribution in [-0.2, 0) is 11.2 Å². The zero-order valence-electron chi connectivity index (χ0n) is 7.66. The topological polar surface area (TPSA) is 62.8 Å². The van der Waals surface area contributed by atoms with Crippen LogP contribution in [-0.4, -0.2) is 16.3 Å². The summed E-state index contributed by atoms with van der Waals surface area (Å²) in [5.41, 5.74) is 0.563. The number of halogens is 1. The first-order chi connectivity index (χ1) is 7.20. The third-order valence-electron chi connectivity index (χ3n) is 2.05. The van der Waals surface area contributed by atoms with E-state index in [9.17, 15) is 9.59 Å². The number of nitrogens with one attached hydrogen (secondary N) is 1. The Morgan fingerprint density at radius 1 is 1.47 bits per heavy atom. The maximum atomic E-state index is 11.4. The number of hydrogen-bond acceptors (Lipinski definition) is 3. The van der Waals surface area contributed by atoms with Crippen LogP contribution in [0.25, 0.3) is 11.0 Å². The zero-order valence-corrected chi connectivity index (χ0v) is 8.41. The first-order valence-corrected chi connectivity index (χ1v) is 4.70. The molecule has 2 aromatic rings. The Bertz CT molecular complexity index is 577. The molecule has 0 aliphatic rings. The molecule has 1 N–H and O–H groups in total. The molecule has 0 saturated heterocycles. The Kier molecular flexibility index (Phi) is 2.51. The van der Waals surface area contributed by atoms with Crippen LogP contribution in [0.15, 0.2) is 23.0 Å². The number of rotatable bonds is 2. The Morgan fingerprint density at radius 2 is 2.27 bits per heavy atom. The van der Waals surface area contributed by atoms with Gasteiger partial charge in [-0.05, 0) is 18.2 Å². The number of fused-ring (bicyclic) bond motifs is 1. The van der Waals surface area contributed by atoms with Crippen molar-refractivity contribution in [2.24, 2.45) is 0 Å². The summed E-state index contributed by atoms with van der Waals surface area (Å²) in [7, 11) is 0. The van der Waals surface area contributed by atoms with Crippen molar-refractivity contribution in [1.29, 1.82) is 0 Å². The molecule has 0 aliphatic heterocycles. The predicted molar refractivity (Wildman–Crippen MR) is 57.1 cm³/mol. The van der Waals surface area contributed by atoms with Gasteiger partial charge in [0, 0.05) is 17.4 Å². The minimum atomic E-state index is -0.302. The maximum absolute atomic E-state index is 11.4. The largest absolute Gasteiger partial charge is 0.306 e. The molecule has 0 radical (unpaired) electrons. The second kappa shape index (κ2) is 3.82. The smallest absolute Gasteiger partial charge is 0.253 e. The molecule has 0 saturated carbocycles. The number of aldehydes is 1. The number of H-pyrrole nitrogens is 1. The molecule has 0 aromatic carbocycles. The first-order valence-electron chi connectivity index (χ1n) is 4.33. The van der Waals surface area contributed by atoms with Gasteiger partial charge < -0.3 is 9.78 Å². The SMILES string of the molecule is O=CCc1cc2ccc(Cl)nc2[nH]c1=O. The molecule has 0 atom stereocenters. The van der Waals surface area contributed by atoms with Crippen molar-refractivity contribution in [3.63, 3.8) is 0 Å². The van der Waals surface area contributed by atoms with Crippen molar-refractivity contribution < 1.29 is 4.79 Å². The van der Waals surface area contributed by atoms with Gasteiger partial charge in [-0.2, -0.15) is 0 Å². The van der Waals surface area contributed by atoms with Gasteiger partial charge in [-0.1, -0.05) is 11.6 Å². The van der Waals surface area contributed by atoms with E-state index in [4.69, 9.17) is 11.6 Å². The first kappa shape index (κ1) is 9.86. The van der Waals surface area contributed by atoms with Crippen LogP contribution in [0.1, 0.15) is 5.56 Å². The number of pyridine rings is 2. The molecule has 0 spiro atoms. The summed E-state index contributed by atoms with van der Waals surface area (Å²) in [6, 6.07) is 5.02. The number of nitrogens with zero attached hydrogens (tertiary/aromatic N) is 1. The Hall–Kier alpha value is -1.68. The lowest BCUT2D eigenvalue weighted by molar-refractivity contribution is -0.107. The van der Waals surface area contributed by atoms with Gasteiger partial charge >= 0.3 is 0 Å². The number of aromatic amines is 1. The normalized spacial score (nSPS) is 10.5. The maximum Gasteiger partial charge on any atom is 0.253 e. The summed E-state index contributed by atoms with van der Waals surface area (Å²) in [5, 5.41) is 1.08. The number of carbonyl (C=O) groups excluding carboxylic acids is 1. The molecule has 2 rings (SSSR count). The van der Waals surface area contributed by atoms with Crippen molar-refractivity contribution >= 4 is 28.9 Å². The summed E-state index contributed by atoms with van der Waals surface area (Å²) in [6.45, 7) is 0. The Morgan fingerprint density at radius 3 is 3.00 bits per heavy atom. The predicted octanol–water partition coefficient (Wildman–Crippen LogP) is 1.32. The highest BCUT2D eigenvalue weighted by molar-refractivity contribution is 6.29. The summed E-state index contributed by atoms with van der Waals surface area (Å²) >= 11 is 5.68. The van der Waals surface area contributed by atoms with Gasteiger partial charge in [0.1, 0.15) is 17.1 Å². The molecule has 2 aromatic heterocycles. The fourth-order valence-electron chi connectivity index (χ4n) is 1.35. The summed E-state index contributed by atoms with van der Waals surface area (Å²) in [5.74, 6) is 0. The Balaban J connectivity index is 2.70. The monoisotopic (exact) mass is 222 g/mol. The molecule has 0 unspecified atom stereocenters. The average Bonchev–Trinajstić information content (AvgIpc) is 2.20. The van der Waals surface area contributed by atoms with Crippen LogP contribution >= 0.6 is 11.6 Å². The fraction of sp³-hybridized carbons (Fsp3) is 0.100. The highest BCUT2D eigenvalue weighted by atomic mass is 35.5. The van der Waals surface area contributed by atoms with Crippen LogP contribution in [0.2, 0.25) is 5.15 Å². The van der Waals surface area contributed by atoms with Crippen molar-refractivity contribution in [2.75, 3.05) is 0 Å². The Labute approximate surface area is 89.9 Å². The quantitative estimate of drug-likeness (QED) is 0.616. The fourth-order valence-corrected chi connectivity index (χ4v) is 1.49. The lowest BCUT2D eigenvalue weighted by Crippen LogP contribution is -2.13. The molecular weight excluding hydrogens is 216 g/mol. The van der Waals surface area contributed by atoms with Crippen molar-refractivity contribution in [2.45, 2.75) is 6.42 Å². The standard InChI is InChI=1S/C10H7ClN2O2/c11-8-2-1-6-5-7(3-4-14)10(15)13-9(6)12-8/h1-2,4-5H,3H2,(H,12,13,15). The minimum absolute atomic E-state index is 0.105. The highest BCUT2D eigenvalue weighted by Crippen LogP contribution is 2.12. The van der Waals surface area contributed by atoms with E-state index in [1.165, 1.54) is 0 Å². The van der Waals surface area contributed by atoms with E-state index in [0.29, 0.717) is 22.6 Å². The molecule has 5 heteroatoms. The van der Waals surface area contributed by atoms with Gasteiger partial charge in [0.25, 0.3) is 5.56 Å². The lowest BCUT2D eigenvalue weighted by Gasteiger charge is -1.99. The van der Waals surface area contributed by atoms with Gasteiger partial charge in [0.15, 0.2) is 0 Å². The van der Waals surface area contributed by atoms with E-state index in [0.717, 1.165) is 5.39 Å². The molecule has 2 heterocycles. The van der Waals surface area contributed by atoms with Crippen LogP contribution in [0.3, 0.4) is 0 Å². The summed E-state index contributed by atoms with van der Waals surface area (Å²) in [6.07, 6.45) is 0.799. The van der Waals surface area contributed by atoms with Crippen LogP contribution < -0.4 is 5.56 Å².